The van der Waals surface area contributed by atoms with E-state index in [0.717, 1.165) is 51.1 Å². The largest absolute Gasteiger partial charge is 0.369 e. The SMILES string of the molecule is Cc1cccc(N(CCC#N)CCNC2CCC(Nc3nccc(N(C)C)n3)CC2)c1. The van der Waals surface area contributed by atoms with Crippen molar-refractivity contribution in [2.75, 3.05) is 48.8 Å². The Morgan fingerprint density at radius 3 is 2.58 bits per heavy atom. The summed E-state index contributed by atoms with van der Waals surface area (Å²) in [7, 11) is 3.98. The molecule has 1 aromatic heterocycles. The van der Waals surface area contributed by atoms with E-state index in [1.807, 2.05) is 31.3 Å². The van der Waals surface area contributed by atoms with E-state index in [1.165, 1.54) is 11.3 Å². The van der Waals surface area contributed by atoms with Crippen molar-refractivity contribution in [3.8, 4) is 6.07 Å². The summed E-state index contributed by atoms with van der Waals surface area (Å²) in [5.74, 6) is 1.64. The number of hydrogen-bond donors (Lipinski definition) is 2. The summed E-state index contributed by atoms with van der Waals surface area (Å²) >= 11 is 0. The zero-order chi connectivity index (χ0) is 22.1. The topological polar surface area (TPSA) is 80.1 Å². The van der Waals surface area contributed by atoms with E-state index in [0.29, 0.717) is 24.5 Å². The second-order valence-electron chi connectivity index (χ2n) is 8.51. The monoisotopic (exact) mass is 421 g/mol. The molecule has 7 heteroatoms. The van der Waals surface area contributed by atoms with Crippen molar-refractivity contribution >= 4 is 17.5 Å². The molecule has 1 heterocycles. The Bertz CT molecular complexity index is 853. The van der Waals surface area contributed by atoms with Crippen LogP contribution in [0.2, 0.25) is 0 Å². The molecular formula is C24H35N7. The first kappa shape index (κ1) is 22.8. The van der Waals surface area contributed by atoms with Crippen molar-refractivity contribution in [1.29, 1.82) is 5.26 Å². The van der Waals surface area contributed by atoms with E-state index in [4.69, 9.17) is 5.26 Å². The Morgan fingerprint density at radius 2 is 1.87 bits per heavy atom. The molecule has 1 aliphatic rings. The molecule has 1 saturated carbocycles. The van der Waals surface area contributed by atoms with Crippen LogP contribution in [-0.4, -0.2) is 55.8 Å². The first-order valence-corrected chi connectivity index (χ1v) is 11.2. The zero-order valence-corrected chi connectivity index (χ0v) is 19.0. The van der Waals surface area contributed by atoms with Crippen LogP contribution >= 0.6 is 0 Å². The minimum atomic E-state index is 0.426. The number of anilines is 3. The lowest BCUT2D eigenvalue weighted by Crippen LogP contribution is -2.41. The Kier molecular flexibility index (Phi) is 8.48. The molecular weight excluding hydrogens is 386 g/mol. The maximum Gasteiger partial charge on any atom is 0.224 e. The quantitative estimate of drug-likeness (QED) is 0.607. The highest BCUT2D eigenvalue weighted by Crippen LogP contribution is 2.22. The molecule has 0 amide bonds. The molecule has 2 N–H and O–H groups in total. The molecule has 166 valence electrons. The van der Waals surface area contributed by atoms with Gasteiger partial charge in [0.05, 0.1) is 12.5 Å². The van der Waals surface area contributed by atoms with Gasteiger partial charge in [0.1, 0.15) is 5.82 Å². The highest BCUT2D eigenvalue weighted by Gasteiger charge is 2.21. The van der Waals surface area contributed by atoms with E-state index in [2.05, 4.69) is 62.8 Å². The van der Waals surface area contributed by atoms with Crippen LogP contribution in [0, 0.1) is 18.3 Å². The maximum absolute atomic E-state index is 9.01. The van der Waals surface area contributed by atoms with Gasteiger partial charge in [-0.05, 0) is 56.4 Å². The number of aryl methyl sites for hydroxylation is 1. The van der Waals surface area contributed by atoms with Crippen LogP contribution in [0.15, 0.2) is 36.5 Å². The Labute approximate surface area is 186 Å². The van der Waals surface area contributed by atoms with Gasteiger partial charge in [-0.1, -0.05) is 12.1 Å². The summed E-state index contributed by atoms with van der Waals surface area (Å²) in [6, 6.07) is 13.7. The predicted molar refractivity (Wildman–Crippen MR) is 128 cm³/mol. The zero-order valence-electron chi connectivity index (χ0n) is 19.0. The van der Waals surface area contributed by atoms with E-state index in [1.54, 1.807) is 0 Å². The molecule has 0 spiro atoms. The summed E-state index contributed by atoms with van der Waals surface area (Å²) < 4.78 is 0. The Balaban J connectivity index is 1.43. The van der Waals surface area contributed by atoms with Crippen LogP contribution in [-0.2, 0) is 0 Å². The fourth-order valence-electron chi connectivity index (χ4n) is 4.08. The predicted octanol–water partition coefficient (Wildman–Crippen LogP) is 3.58. The van der Waals surface area contributed by atoms with Crippen molar-refractivity contribution in [2.45, 2.75) is 51.1 Å². The summed E-state index contributed by atoms with van der Waals surface area (Å²) in [6.07, 6.45) is 6.87. The molecule has 1 fully saturated rings. The number of nitrogens with zero attached hydrogens (tertiary/aromatic N) is 5. The highest BCUT2D eigenvalue weighted by atomic mass is 15.2. The summed E-state index contributed by atoms with van der Waals surface area (Å²) in [6.45, 7) is 4.72. The van der Waals surface area contributed by atoms with Crippen LogP contribution in [0.4, 0.5) is 17.5 Å². The van der Waals surface area contributed by atoms with Crippen LogP contribution in [0.5, 0.6) is 0 Å². The number of rotatable bonds is 10. The normalized spacial score (nSPS) is 18.3. The first-order chi connectivity index (χ1) is 15.0. The number of hydrogen-bond acceptors (Lipinski definition) is 7. The third kappa shape index (κ3) is 7.11. The smallest absolute Gasteiger partial charge is 0.224 e. The molecule has 31 heavy (non-hydrogen) atoms. The minimum absolute atomic E-state index is 0.426. The van der Waals surface area contributed by atoms with Crippen LogP contribution in [0.25, 0.3) is 0 Å². The lowest BCUT2D eigenvalue weighted by atomic mass is 9.91. The maximum atomic E-state index is 9.01. The highest BCUT2D eigenvalue weighted by molar-refractivity contribution is 5.48. The Hall–Kier alpha value is -2.85. The van der Waals surface area contributed by atoms with Gasteiger partial charge >= 0.3 is 0 Å². The lowest BCUT2D eigenvalue weighted by molar-refractivity contribution is 0.355. The summed E-state index contributed by atoms with van der Waals surface area (Å²) in [5, 5.41) is 16.2. The number of benzene rings is 1. The van der Waals surface area contributed by atoms with Crippen molar-refractivity contribution in [2.24, 2.45) is 0 Å². The van der Waals surface area contributed by atoms with E-state index in [9.17, 15) is 0 Å². The van der Waals surface area contributed by atoms with Gasteiger partial charge in [-0.2, -0.15) is 10.2 Å². The van der Waals surface area contributed by atoms with Gasteiger partial charge in [-0.3, -0.25) is 0 Å². The van der Waals surface area contributed by atoms with Gasteiger partial charge in [0.25, 0.3) is 0 Å². The fourth-order valence-corrected chi connectivity index (χ4v) is 4.08. The van der Waals surface area contributed by atoms with Gasteiger partial charge in [-0.25, -0.2) is 4.98 Å². The summed E-state index contributed by atoms with van der Waals surface area (Å²) in [5.41, 5.74) is 2.45. The van der Waals surface area contributed by atoms with Gasteiger partial charge in [0.15, 0.2) is 0 Å². The summed E-state index contributed by atoms with van der Waals surface area (Å²) in [4.78, 5) is 13.2. The van der Waals surface area contributed by atoms with Crippen molar-refractivity contribution < 1.29 is 0 Å². The van der Waals surface area contributed by atoms with E-state index >= 15 is 0 Å². The number of nitrogens with one attached hydrogen (secondary N) is 2. The standard InChI is InChI=1S/C24H35N7/c1-19-6-4-7-22(18-19)31(16-5-13-25)17-15-26-20-8-10-21(11-9-20)28-24-27-14-12-23(29-24)30(2)3/h4,6-7,12,14,18,20-21,26H,5,8-11,15-17H2,1-3H3,(H,27,28,29). The second-order valence-corrected chi connectivity index (χ2v) is 8.51. The molecule has 0 unspecified atom stereocenters. The first-order valence-electron chi connectivity index (χ1n) is 11.2. The van der Waals surface area contributed by atoms with Gasteiger partial charge in [0.2, 0.25) is 5.95 Å². The Morgan fingerprint density at radius 1 is 1.10 bits per heavy atom. The molecule has 0 bridgehead atoms. The molecule has 0 saturated heterocycles. The number of aromatic nitrogens is 2. The second kappa shape index (κ2) is 11.5. The van der Waals surface area contributed by atoms with Crippen molar-refractivity contribution in [1.82, 2.24) is 15.3 Å². The van der Waals surface area contributed by atoms with Crippen LogP contribution in [0.3, 0.4) is 0 Å². The average Bonchev–Trinajstić information content (AvgIpc) is 2.77. The third-order valence-corrected chi connectivity index (χ3v) is 5.83. The molecule has 7 nitrogen and oxygen atoms in total. The third-order valence-electron chi connectivity index (χ3n) is 5.83. The van der Waals surface area contributed by atoms with E-state index < -0.39 is 0 Å². The minimum Gasteiger partial charge on any atom is -0.369 e. The lowest BCUT2D eigenvalue weighted by Gasteiger charge is -2.31. The average molecular weight is 422 g/mol. The van der Waals surface area contributed by atoms with Gasteiger partial charge in [-0.15, -0.1) is 0 Å². The van der Waals surface area contributed by atoms with Crippen LogP contribution < -0.4 is 20.4 Å². The van der Waals surface area contributed by atoms with Crippen LogP contribution in [0.1, 0.15) is 37.7 Å². The number of nitriles is 1. The fraction of sp³-hybridized carbons (Fsp3) is 0.542. The van der Waals surface area contributed by atoms with Crippen molar-refractivity contribution in [3.63, 3.8) is 0 Å². The van der Waals surface area contributed by atoms with Gasteiger partial charge in [0, 0.05) is 57.7 Å². The molecule has 2 aromatic rings. The molecule has 0 radical (unpaired) electrons. The van der Waals surface area contributed by atoms with E-state index in [-0.39, 0.29) is 0 Å². The van der Waals surface area contributed by atoms with Crippen molar-refractivity contribution in [3.05, 3.63) is 42.1 Å². The molecule has 0 atom stereocenters. The molecule has 1 aromatic carbocycles. The van der Waals surface area contributed by atoms with Gasteiger partial charge < -0.3 is 20.4 Å². The molecule has 1 aliphatic carbocycles. The molecule has 3 rings (SSSR count). The molecule has 0 aliphatic heterocycles.